The molecule has 0 radical (unpaired) electrons. The average molecular weight is 341 g/mol. The Morgan fingerprint density at radius 2 is 2.00 bits per heavy atom. The van der Waals surface area contributed by atoms with Crippen LogP contribution in [0, 0.1) is 0 Å². The van der Waals surface area contributed by atoms with Crippen molar-refractivity contribution in [2.75, 3.05) is 36.5 Å². The number of benzene rings is 1. The lowest BCUT2D eigenvalue weighted by Crippen LogP contribution is -2.36. The number of pyridine rings is 1. The van der Waals surface area contributed by atoms with Gasteiger partial charge in [-0.05, 0) is 30.7 Å². The van der Waals surface area contributed by atoms with E-state index in [1.165, 1.54) is 0 Å². The fraction of sp³-hybridized carbons (Fsp3) is 0.368. The molecule has 1 amide bonds. The number of ether oxygens (including phenoxy) is 2. The molecule has 1 aliphatic heterocycles. The summed E-state index contributed by atoms with van der Waals surface area (Å²) in [6, 6.07) is 13.1. The van der Waals surface area contributed by atoms with Crippen LogP contribution in [0.25, 0.3) is 0 Å². The van der Waals surface area contributed by atoms with Crippen molar-refractivity contribution >= 4 is 17.4 Å². The van der Waals surface area contributed by atoms with Gasteiger partial charge in [0.25, 0.3) is 5.91 Å². The van der Waals surface area contributed by atoms with Gasteiger partial charge in [0.1, 0.15) is 11.6 Å². The van der Waals surface area contributed by atoms with Crippen LogP contribution >= 0.6 is 0 Å². The first kappa shape index (κ1) is 17.2. The molecule has 0 spiro atoms. The van der Waals surface area contributed by atoms with Gasteiger partial charge >= 0.3 is 0 Å². The molecule has 1 aliphatic rings. The second-order valence-corrected chi connectivity index (χ2v) is 5.82. The summed E-state index contributed by atoms with van der Waals surface area (Å²) in [6.07, 6.45) is 1.80. The Hall–Kier alpha value is -2.60. The fourth-order valence-corrected chi connectivity index (χ4v) is 2.66. The van der Waals surface area contributed by atoms with Crippen LogP contribution in [0.2, 0.25) is 0 Å². The van der Waals surface area contributed by atoms with Crippen LogP contribution in [0.5, 0.6) is 5.75 Å². The highest BCUT2D eigenvalue weighted by molar-refractivity contribution is 5.93. The number of carbonyl (C=O) groups excluding carboxylic acids is 1. The lowest BCUT2D eigenvalue weighted by molar-refractivity contribution is -0.122. The molecule has 0 unspecified atom stereocenters. The van der Waals surface area contributed by atoms with E-state index in [1.807, 2.05) is 49.4 Å². The molecule has 2 heterocycles. The average Bonchev–Trinajstić information content (AvgIpc) is 2.68. The van der Waals surface area contributed by atoms with Crippen molar-refractivity contribution in [3.8, 4) is 5.75 Å². The first-order valence-electron chi connectivity index (χ1n) is 8.57. The molecule has 0 bridgehead atoms. The van der Waals surface area contributed by atoms with Gasteiger partial charge in [0, 0.05) is 13.1 Å². The third-order valence-corrected chi connectivity index (χ3v) is 4.06. The number of morpholine rings is 1. The van der Waals surface area contributed by atoms with E-state index in [1.54, 1.807) is 6.20 Å². The van der Waals surface area contributed by atoms with Crippen molar-refractivity contribution in [1.82, 2.24) is 4.98 Å². The fourth-order valence-electron chi connectivity index (χ4n) is 2.66. The minimum absolute atomic E-state index is 0.196. The number of carbonyl (C=O) groups is 1. The highest BCUT2D eigenvalue weighted by Crippen LogP contribution is 2.18. The number of hydrogen-bond donors (Lipinski definition) is 1. The van der Waals surface area contributed by atoms with Gasteiger partial charge in [-0.1, -0.05) is 25.1 Å². The molecule has 1 N–H and O–H groups in total. The predicted octanol–water partition coefficient (Wildman–Crippen LogP) is 2.71. The van der Waals surface area contributed by atoms with Gasteiger partial charge in [-0.3, -0.25) is 4.79 Å². The number of rotatable bonds is 6. The summed E-state index contributed by atoms with van der Waals surface area (Å²) >= 11 is 0. The molecule has 0 aliphatic carbocycles. The smallest absolute Gasteiger partial charge is 0.266 e. The molecule has 1 atom stereocenters. The number of nitrogens with one attached hydrogen (secondary N) is 1. The quantitative estimate of drug-likeness (QED) is 0.875. The molecule has 1 aromatic carbocycles. The first-order valence-corrected chi connectivity index (χ1v) is 8.57. The van der Waals surface area contributed by atoms with Crippen molar-refractivity contribution < 1.29 is 14.3 Å². The maximum atomic E-state index is 12.4. The van der Waals surface area contributed by atoms with Crippen molar-refractivity contribution in [2.24, 2.45) is 0 Å². The summed E-state index contributed by atoms with van der Waals surface area (Å²) in [5.41, 5.74) is 1.04. The molecule has 1 aromatic heterocycles. The zero-order chi connectivity index (χ0) is 17.5. The highest BCUT2D eigenvalue weighted by Gasteiger charge is 2.19. The summed E-state index contributed by atoms with van der Waals surface area (Å²) < 4.78 is 11.1. The molecular weight excluding hydrogens is 318 g/mol. The molecule has 3 rings (SSSR count). The second-order valence-electron chi connectivity index (χ2n) is 5.82. The summed E-state index contributed by atoms with van der Waals surface area (Å²) in [5.74, 6) is 1.01. The summed E-state index contributed by atoms with van der Waals surface area (Å²) in [4.78, 5) is 19.0. The lowest BCUT2D eigenvalue weighted by atomic mass is 10.2. The largest absolute Gasteiger partial charge is 0.481 e. The van der Waals surface area contributed by atoms with E-state index in [4.69, 9.17) is 9.47 Å². The maximum Gasteiger partial charge on any atom is 0.266 e. The zero-order valence-corrected chi connectivity index (χ0v) is 14.4. The van der Waals surface area contributed by atoms with Gasteiger partial charge in [0.15, 0.2) is 6.10 Å². The van der Waals surface area contributed by atoms with Crippen LogP contribution in [0.3, 0.4) is 0 Å². The van der Waals surface area contributed by atoms with E-state index in [9.17, 15) is 4.79 Å². The first-order chi connectivity index (χ1) is 12.3. The van der Waals surface area contributed by atoms with Gasteiger partial charge in [-0.15, -0.1) is 0 Å². The number of amides is 1. The number of aromatic nitrogens is 1. The van der Waals surface area contributed by atoms with Crippen molar-refractivity contribution in [2.45, 2.75) is 19.4 Å². The van der Waals surface area contributed by atoms with Crippen molar-refractivity contribution in [1.29, 1.82) is 0 Å². The van der Waals surface area contributed by atoms with E-state index >= 15 is 0 Å². The number of nitrogens with zero attached hydrogens (tertiary/aromatic N) is 2. The van der Waals surface area contributed by atoms with E-state index in [0.29, 0.717) is 18.0 Å². The lowest BCUT2D eigenvalue weighted by Gasteiger charge is -2.28. The highest BCUT2D eigenvalue weighted by atomic mass is 16.5. The van der Waals surface area contributed by atoms with Crippen molar-refractivity contribution in [3.05, 3.63) is 48.7 Å². The van der Waals surface area contributed by atoms with Gasteiger partial charge in [-0.25, -0.2) is 4.98 Å². The van der Waals surface area contributed by atoms with E-state index < -0.39 is 6.10 Å². The zero-order valence-electron chi connectivity index (χ0n) is 14.4. The molecule has 6 heteroatoms. The number of para-hydroxylation sites is 1. The summed E-state index contributed by atoms with van der Waals surface area (Å²) in [5, 5.41) is 2.83. The van der Waals surface area contributed by atoms with Crippen LogP contribution in [0.4, 0.5) is 11.5 Å². The number of hydrogen-bond acceptors (Lipinski definition) is 5. The Morgan fingerprint density at radius 1 is 1.24 bits per heavy atom. The molecule has 1 saturated heterocycles. The van der Waals surface area contributed by atoms with Crippen LogP contribution in [-0.4, -0.2) is 43.3 Å². The predicted molar refractivity (Wildman–Crippen MR) is 97.0 cm³/mol. The Balaban J connectivity index is 1.59. The van der Waals surface area contributed by atoms with Crippen LogP contribution in [0.15, 0.2) is 48.7 Å². The third-order valence-electron chi connectivity index (χ3n) is 4.06. The van der Waals surface area contributed by atoms with Gasteiger partial charge in [0.2, 0.25) is 0 Å². The van der Waals surface area contributed by atoms with Crippen molar-refractivity contribution in [3.63, 3.8) is 0 Å². The molecule has 2 aromatic rings. The molecule has 0 saturated carbocycles. The van der Waals surface area contributed by atoms with Gasteiger partial charge in [0.05, 0.1) is 25.1 Å². The standard InChI is InChI=1S/C19H23N3O3/c1-2-17(25-16-6-4-3-5-7-16)19(23)21-18-9-8-15(14-20-18)22-10-12-24-13-11-22/h3-9,14,17H,2,10-13H2,1H3,(H,20,21,23)/t17-/m1/s1. The minimum Gasteiger partial charge on any atom is -0.481 e. The third kappa shape index (κ3) is 4.70. The van der Waals surface area contributed by atoms with E-state index in [2.05, 4.69) is 15.2 Å². The normalized spacial score (nSPS) is 15.5. The SMILES string of the molecule is CC[C@@H](Oc1ccccc1)C(=O)Nc1ccc(N2CCOCC2)cn1. The molecule has 1 fully saturated rings. The van der Waals surface area contributed by atoms with Crippen LogP contribution in [0.1, 0.15) is 13.3 Å². The summed E-state index contributed by atoms with van der Waals surface area (Å²) in [6.45, 7) is 5.09. The maximum absolute atomic E-state index is 12.4. The number of anilines is 2. The Morgan fingerprint density at radius 3 is 2.64 bits per heavy atom. The summed E-state index contributed by atoms with van der Waals surface area (Å²) in [7, 11) is 0. The topological polar surface area (TPSA) is 63.7 Å². The monoisotopic (exact) mass is 341 g/mol. The van der Waals surface area contributed by atoms with Gasteiger partial charge < -0.3 is 19.7 Å². The van der Waals surface area contributed by atoms with Crippen LogP contribution < -0.4 is 15.0 Å². The molecule has 6 nitrogen and oxygen atoms in total. The van der Waals surface area contributed by atoms with E-state index in [0.717, 1.165) is 32.0 Å². The molecule has 132 valence electrons. The van der Waals surface area contributed by atoms with Gasteiger partial charge in [-0.2, -0.15) is 0 Å². The second kappa shape index (κ2) is 8.48. The Bertz CT molecular complexity index is 670. The molecular formula is C19H23N3O3. The minimum atomic E-state index is -0.553. The molecule has 25 heavy (non-hydrogen) atoms. The Kier molecular flexibility index (Phi) is 5.85. The Labute approximate surface area is 147 Å². The van der Waals surface area contributed by atoms with Crippen LogP contribution in [-0.2, 0) is 9.53 Å². The van der Waals surface area contributed by atoms with E-state index in [-0.39, 0.29) is 5.91 Å².